The highest BCUT2D eigenvalue weighted by Crippen LogP contribution is 2.30. The van der Waals surface area contributed by atoms with Crippen molar-refractivity contribution in [3.63, 3.8) is 0 Å². The summed E-state index contributed by atoms with van der Waals surface area (Å²) >= 11 is 7.36. The van der Waals surface area contributed by atoms with Crippen LogP contribution in [0, 0.1) is 0 Å². The first-order chi connectivity index (χ1) is 14.7. The van der Waals surface area contributed by atoms with Gasteiger partial charge in [-0.15, -0.1) is 11.3 Å². The number of amides is 1. The topological polar surface area (TPSA) is 106 Å². The maximum Gasteiger partial charge on any atom is 0.338 e. The van der Waals surface area contributed by atoms with Gasteiger partial charge in [0.05, 0.1) is 16.2 Å². The van der Waals surface area contributed by atoms with Crippen LogP contribution in [0.1, 0.15) is 10.4 Å². The smallest absolute Gasteiger partial charge is 0.338 e. The standard InChI is InChI=1S/C20H18ClN3O5S2/c1-24(2)31(27,28)14-7-5-6-13(10-14)19(26)29-11-18(25)23-20-22-17(12-30-20)15-8-3-4-9-16(15)21/h3-10,12H,11H2,1-2H3,(H,22,23,25). The van der Waals surface area contributed by atoms with Crippen LogP contribution < -0.4 is 5.32 Å². The Balaban J connectivity index is 1.61. The monoisotopic (exact) mass is 479 g/mol. The minimum Gasteiger partial charge on any atom is -0.452 e. The molecule has 0 fully saturated rings. The van der Waals surface area contributed by atoms with Crippen molar-refractivity contribution in [2.45, 2.75) is 4.90 Å². The highest BCUT2D eigenvalue weighted by atomic mass is 35.5. The lowest BCUT2D eigenvalue weighted by molar-refractivity contribution is -0.119. The largest absolute Gasteiger partial charge is 0.452 e. The highest BCUT2D eigenvalue weighted by Gasteiger charge is 2.20. The third-order valence-electron chi connectivity index (χ3n) is 4.08. The van der Waals surface area contributed by atoms with E-state index in [1.165, 1.54) is 49.7 Å². The normalized spacial score (nSPS) is 11.4. The summed E-state index contributed by atoms with van der Waals surface area (Å²) in [5.74, 6) is -1.40. The van der Waals surface area contributed by atoms with Gasteiger partial charge in [-0.2, -0.15) is 0 Å². The molecule has 0 atom stereocenters. The molecule has 1 heterocycles. The number of halogens is 1. The van der Waals surface area contributed by atoms with Crippen molar-refractivity contribution in [1.29, 1.82) is 0 Å². The summed E-state index contributed by atoms with van der Waals surface area (Å²) in [6, 6.07) is 12.6. The Morgan fingerprint density at radius 1 is 1.16 bits per heavy atom. The number of aromatic nitrogens is 1. The van der Waals surface area contributed by atoms with Crippen LogP contribution in [0.25, 0.3) is 11.3 Å². The molecule has 8 nitrogen and oxygen atoms in total. The third-order valence-corrected chi connectivity index (χ3v) is 6.98. The van der Waals surface area contributed by atoms with E-state index in [-0.39, 0.29) is 10.5 Å². The minimum atomic E-state index is -3.70. The first kappa shape index (κ1) is 22.9. The molecule has 0 saturated heterocycles. The number of ether oxygens (including phenoxy) is 1. The fraction of sp³-hybridized carbons (Fsp3) is 0.150. The van der Waals surface area contributed by atoms with Gasteiger partial charge in [0.25, 0.3) is 5.91 Å². The molecule has 0 radical (unpaired) electrons. The fourth-order valence-electron chi connectivity index (χ4n) is 2.49. The van der Waals surface area contributed by atoms with Crippen LogP contribution in [0.5, 0.6) is 0 Å². The van der Waals surface area contributed by atoms with Crippen molar-refractivity contribution in [2.75, 3.05) is 26.0 Å². The van der Waals surface area contributed by atoms with Gasteiger partial charge in [-0.1, -0.05) is 35.9 Å². The summed E-state index contributed by atoms with van der Waals surface area (Å²) in [5, 5.41) is 5.17. The lowest BCUT2D eigenvalue weighted by Gasteiger charge is -2.12. The quantitative estimate of drug-likeness (QED) is 0.520. The number of hydrogen-bond donors (Lipinski definition) is 1. The molecule has 0 bridgehead atoms. The molecule has 3 aromatic rings. The molecule has 11 heteroatoms. The molecule has 162 valence electrons. The molecule has 1 N–H and O–H groups in total. The Labute approximate surface area is 188 Å². The van der Waals surface area contributed by atoms with E-state index in [1.54, 1.807) is 17.5 Å². The Hall–Kier alpha value is -2.79. The first-order valence-electron chi connectivity index (χ1n) is 8.88. The van der Waals surface area contributed by atoms with Crippen LogP contribution in [-0.4, -0.2) is 50.3 Å². The van der Waals surface area contributed by atoms with Gasteiger partial charge in [0.2, 0.25) is 10.0 Å². The number of nitrogens with one attached hydrogen (secondary N) is 1. The lowest BCUT2D eigenvalue weighted by Crippen LogP contribution is -2.23. The molecule has 0 aliphatic heterocycles. The van der Waals surface area contributed by atoms with E-state index < -0.39 is 28.5 Å². The van der Waals surface area contributed by atoms with Gasteiger partial charge < -0.3 is 4.74 Å². The van der Waals surface area contributed by atoms with Gasteiger partial charge in [0.1, 0.15) is 0 Å². The Kier molecular flexibility index (Phi) is 7.06. The zero-order valence-electron chi connectivity index (χ0n) is 16.5. The summed E-state index contributed by atoms with van der Waals surface area (Å²) < 4.78 is 30.4. The molecule has 0 spiro atoms. The molecule has 2 aromatic carbocycles. The number of esters is 1. The second kappa shape index (κ2) is 9.56. The molecule has 0 unspecified atom stereocenters. The number of nitrogens with zero attached hydrogens (tertiary/aromatic N) is 2. The van der Waals surface area contributed by atoms with Crippen LogP contribution in [0.15, 0.2) is 58.8 Å². The van der Waals surface area contributed by atoms with Gasteiger partial charge in [-0.25, -0.2) is 22.5 Å². The number of hydrogen-bond acceptors (Lipinski definition) is 7. The molecule has 31 heavy (non-hydrogen) atoms. The van der Waals surface area contributed by atoms with E-state index in [2.05, 4.69) is 10.3 Å². The number of sulfonamides is 1. The number of carbonyl (C=O) groups is 2. The maximum atomic E-state index is 12.2. The van der Waals surface area contributed by atoms with Crippen molar-refractivity contribution in [3.05, 3.63) is 64.5 Å². The fourth-order valence-corrected chi connectivity index (χ4v) is 4.40. The zero-order chi connectivity index (χ0) is 22.6. The van der Waals surface area contributed by atoms with Crippen LogP contribution in [0.3, 0.4) is 0 Å². The van der Waals surface area contributed by atoms with Crippen LogP contribution in [0.4, 0.5) is 5.13 Å². The van der Waals surface area contributed by atoms with Crippen molar-refractivity contribution in [3.8, 4) is 11.3 Å². The molecule has 0 aliphatic carbocycles. The lowest BCUT2D eigenvalue weighted by atomic mass is 10.2. The summed E-state index contributed by atoms with van der Waals surface area (Å²) in [5.41, 5.74) is 1.37. The minimum absolute atomic E-state index is 0.0194. The molecular weight excluding hydrogens is 462 g/mol. The SMILES string of the molecule is CN(C)S(=O)(=O)c1cccc(C(=O)OCC(=O)Nc2nc(-c3ccccc3Cl)cs2)c1. The second-order valence-corrected chi connectivity index (χ2v) is 9.87. The average molecular weight is 480 g/mol. The predicted octanol–water partition coefficient (Wildman–Crippen LogP) is 3.51. The van der Waals surface area contributed by atoms with E-state index in [0.29, 0.717) is 15.8 Å². The number of benzene rings is 2. The molecule has 1 amide bonds. The third kappa shape index (κ3) is 5.47. The van der Waals surface area contributed by atoms with Crippen molar-refractivity contribution < 1.29 is 22.7 Å². The van der Waals surface area contributed by atoms with E-state index in [1.807, 2.05) is 12.1 Å². The van der Waals surface area contributed by atoms with Gasteiger partial charge >= 0.3 is 5.97 Å². The maximum absolute atomic E-state index is 12.2. The summed E-state index contributed by atoms with van der Waals surface area (Å²) in [6.07, 6.45) is 0. The van der Waals surface area contributed by atoms with Gasteiger partial charge in [-0.05, 0) is 24.3 Å². The molecular formula is C20H18ClN3O5S2. The summed E-state index contributed by atoms with van der Waals surface area (Å²) in [4.78, 5) is 28.6. The number of carbonyl (C=O) groups excluding carboxylic acids is 2. The summed E-state index contributed by atoms with van der Waals surface area (Å²) in [7, 11) is -0.920. The zero-order valence-corrected chi connectivity index (χ0v) is 18.9. The highest BCUT2D eigenvalue weighted by molar-refractivity contribution is 7.89. The Morgan fingerprint density at radius 3 is 2.61 bits per heavy atom. The van der Waals surface area contributed by atoms with Crippen molar-refractivity contribution in [2.24, 2.45) is 0 Å². The average Bonchev–Trinajstić information content (AvgIpc) is 3.20. The molecule has 0 saturated carbocycles. The van der Waals surface area contributed by atoms with Crippen LogP contribution >= 0.6 is 22.9 Å². The molecule has 1 aromatic heterocycles. The van der Waals surface area contributed by atoms with Crippen LogP contribution in [-0.2, 0) is 19.6 Å². The Morgan fingerprint density at radius 2 is 1.90 bits per heavy atom. The number of anilines is 1. The van der Waals surface area contributed by atoms with Crippen LogP contribution in [0.2, 0.25) is 5.02 Å². The number of thiazole rings is 1. The molecule has 0 aliphatic rings. The second-order valence-electron chi connectivity index (χ2n) is 6.46. The van der Waals surface area contributed by atoms with Crippen molar-refractivity contribution in [1.82, 2.24) is 9.29 Å². The van der Waals surface area contributed by atoms with E-state index >= 15 is 0 Å². The van der Waals surface area contributed by atoms with E-state index in [9.17, 15) is 18.0 Å². The summed E-state index contributed by atoms with van der Waals surface area (Å²) in [6.45, 7) is -0.551. The van der Waals surface area contributed by atoms with Crippen molar-refractivity contribution >= 4 is 50.0 Å². The first-order valence-corrected chi connectivity index (χ1v) is 11.6. The van der Waals surface area contributed by atoms with E-state index in [4.69, 9.17) is 16.3 Å². The van der Waals surface area contributed by atoms with Gasteiger partial charge in [0.15, 0.2) is 11.7 Å². The number of rotatable bonds is 7. The van der Waals surface area contributed by atoms with Gasteiger partial charge in [-0.3, -0.25) is 10.1 Å². The molecule has 3 rings (SSSR count). The predicted molar refractivity (Wildman–Crippen MR) is 119 cm³/mol. The van der Waals surface area contributed by atoms with E-state index in [0.717, 1.165) is 9.87 Å². The Bertz CT molecular complexity index is 1220. The van der Waals surface area contributed by atoms with Gasteiger partial charge in [0, 0.05) is 30.1 Å².